The molecule has 0 nitrogen and oxygen atoms in total. The van der Waals surface area contributed by atoms with Gasteiger partial charge in [0.15, 0.2) is 0 Å². The molecule has 6 aromatic carbocycles. The van der Waals surface area contributed by atoms with Crippen molar-refractivity contribution in [2.45, 2.75) is 49.4 Å². The Balaban J connectivity index is 0.000000131. The van der Waals surface area contributed by atoms with Crippen molar-refractivity contribution >= 4 is 46.4 Å². The molecule has 0 fully saturated rings. The summed E-state index contributed by atoms with van der Waals surface area (Å²) in [6.45, 7) is 9.13. The van der Waals surface area contributed by atoms with Gasteiger partial charge in [0.1, 0.15) is 0 Å². The summed E-state index contributed by atoms with van der Waals surface area (Å²) in [6, 6.07) is 42.6. The van der Waals surface area contributed by atoms with Gasteiger partial charge >= 0.3 is 0 Å². The third kappa shape index (κ3) is 3.41. The fourth-order valence-corrected chi connectivity index (χ4v) is 11.5. The third-order valence-electron chi connectivity index (χ3n) is 12.2. The van der Waals surface area contributed by atoms with Crippen molar-refractivity contribution in [3.05, 3.63) is 208 Å². The normalized spacial score (nSPS) is 25.8. The van der Waals surface area contributed by atoms with Gasteiger partial charge in [-0.3, -0.25) is 0 Å². The van der Waals surface area contributed by atoms with Crippen molar-refractivity contribution in [2.75, 3.05) is 0 Å². The fourth-order valence-electron chi connectivity index (χ4n) is 10.1. The highest BCUT2D eigenvalue weighted by Crippen LogP contribution is 2.65. The Morgan fingerprint density at radius 2 is 0.417 bits per heavy atom. The maximum atomic E-state index is 6.73. The molecule has 4 heteroatoms. The molecule has 0 amide bonds. The zero-order valence-corrected chi connectivity index (χ0v) is 30.1. The first kappa shape index (κ1) is 30.5. The fraction of sp³-hybridized carbons (Fsp3) is 0.182. The van der Waals surface area contributed by atoms with Crippen LogP contribution in [0.15, 0.2) is 121 Å². The third-order valence-corrected chi connectivity index (χ3v) is 13.5. The number of benzene rings is 6. The largest absolute Gasteiger partial charge is 0.0840 e. The molecule has 0 saturated heterocycles. The molecule has 4 bridgehead atoms. The molecule has 0 aromatic heterocycles. The standard InChI is InChI=1S/2C22H16Cl2/c2*1-21-13-7-3-5-9-15(13)22(2,16-10-6-4-8-14(16)21)20-18(24)12-11-17(23)19(20)21/h2*3-12H,1-2H3. The first-order valence-corrected chi connectivity index (χ1v) is 17.9. The van der Waals surface area contributed by atoms with Crippen LogP contribution in [0, 0.1) is 0 Å². The average Bonchev–Trinajstić information content (AvgIpc) is 3.11. The molecule has 12 rings (SSSR count). The Kier molecular flexibility index (Phi) is 6.38. The minimum atomic E-state index is -0.276. The lowest BCUT2D eigenvalue weighted by Crippen LogP contribution is -2.48. The Labute approximate surface area is 302 Å². The second-order valence-electron chi connectivity index (χ2n) is 14.2. The SMILES string of the molecule is CC12c3ccccc3C(C)(c3ccccc31)c1c(Cl)ccc(Cl)c12.CC12c3ccccc3C(C)(c3ccccc31)c1c(Cl)ccc(Cl)c12. The Hall–Kier alpha value is -3.52. The summed E-state index contributed by atoms with van der Waals surface area (Å²) in [5.74, 6) is 0. The van der Waals surface area contributed by atoms with Gasteiger partial charge in [-0.1, -0.05) is 143 Å². The molecule has 0 N–H and O–H groups in total. The van der Waals surface area contributed by atoms with Crippen LogP contribution in [0.1, 0.15) is 94.5 Å². The first-order valence-electron chi connectivity index (χ1n) is 16.4. The summed E-state index contributed by atoms with van der Waals surface area (Å²) < 4.78 is 0. The quantitative estimate of drug-likeness (QED) is 0.148. The molecule has 6 aromatic rings. The predicted molar refractivity (Wildman–Crippen MR) is 201 cm³/mol. The zero-order chi connectivity index (χ0) is 33.4. The topological polar surface area (TPSA) is 0 Å². The molecule has 0 saturated carbocycles. The van der Waals surface area contributed by atoms with Gasteiger partial charge in [0.2, 0.25) is 0 Å². The Morgan fingerprint density at radius 3 is 0.562 bits per heavy atom. The summed E-state index contributed by atoms with van der Waals surface area (Å²) >= 11 is 26.9. The minimum Gasteiger partial charge on any atom is -0.0840 e. The van der Waals surface area contributed by atoms with Crippen LogP contribution in [0.25, 0.3) is 0 Å². The molecule has 236 valence electrons. The molecule has 0 spiro atoms. The summed E-state index contributed by atoms with van der Waals surface area (Å²) in [5, 5.41) is 3.19. The van der Waals surface area contributed by atoms with E-state index in [-0.39, 0.29) is 21.7 Å². The summed E-state index contributed by atoms with van der Waals surface area (Å²) in [4.78, 5) is 0. The second-order valence-corrected chi connectivity index (χ2v) is 15.9. The Morgan fingerprint density at radius 1 is 0.271 bits per heavy atom. The molecular weight excluding hydrogens is 670 g/mol. The van der Waals surface area contributed by atoms with E-state index in [2.05, 4.69) is 125 Å². The molecule has 6 aliphatic rings. The minimum absolute atomic E-state index is 0.276. The molecular formula is C44H32Cl4. The van der Waals surface area contributed by atoms with E-state index in [4.69, 9.17) is 46.4 Å². The summed E-state index contributed by atoms with van der Waals surface area (Å²) in [5.41, 5.74) is 14.2. The lowest BCUT2D eigenvalue weighted by atomic mass is 9.48. The number of halogens is 4. The number of hydrogen-bond donors (Lipinski definition) is 0. The van der Waals surface area contributed by atoms with Gasteiger partial charge in [0.25, 0.3) is 0 Å². The van der Waals surface area contributed by atoms with Crippen molar-refractivity contribution in [2.24, 2.45) is 0 Å². The van der Waals surface area contributed by atoms with Gasteiger partial charge in [0, 0.05) is 41.8 Å². The molecule has 0 atom stereocenters. The molecule has 0 radical (unpaired) electrons. The van der Waals surface area contributed by atoms with Crippen molar-refractivity contribution in [1.82, 2.24) is 0 Å². The van der Waals surface area contributed by atoms with E-state index in [1.807, 2.05) is 24.3 Å². The van der Waals surface area contributed by atoms with Crippen LogP contribution in [0.4, 0.5) is 0 Å². The van der Waals surface area contributed by atoms with Crippen molar-refractivity contribution in [1.29, 1.82) is 0 Å². The van der Waals surface area contributed by atoms with Gasteiger partial charge < -0.3 is 0 Å². The molecule has 48 heavy (non-hydrogen) atoms. The van der Waals surface area contributed by atoms with Gasteiger partial charge in [0.05, 0.1) is 0 Å². The van der Waals surface area contributed by atoms with Crippen LogP contribution < -0.4 is 0 Å². The van der Waals surface area contributed by atoms with Crippen molar-refractivity contribution in [3.8, 4) is 0 Å². The molecule has 6 aliphatic carbocycles. The molecule has 0 heterocycles. The van der Waals surface area contributed by atoms with Gasteiger partial charge in [-0.05, 0) is 119 Å². The van der Waals surface area contributed by atoms with Gasteiger partial charge in [-0.25, -0.2) is 0 Å². The average molecular weight is 703 g/mol. The van der Waals surface area contributed by atoms with Crippen molar-refractivity contribution in [3.63, 3.8) is 0 Å². The second kappa shape index (κ2) is 10.0. The summed E-state index contributed by atoms with van der Waals surface area (Å²) in [7, 11) is 0. The number of rotatable bonds is 0. The molecule has 0 unspecified atom stereocenters. The van der Waals surface area contributed by atoms with E-state index >= 15 is 0 Å². The van der Waals surface area contributed by atoms with Gasteiger partial charge in [-0.15, -0.1) is 0 Å². The lowest BCUT2D eigenvalue weighted by Gasteiger charge is -2.54. The zero-order valence-electron chi connectivity index (χ0n) is 27.1. The molecule has 0 aliphatic heterocycles. The van der Waals surface area contributed by atoms with Crippen molar-refractivity contribution < 1.29 is 0 Å². The van der Waals surface area contributed by atoms with Crippen LogP contribution in [-0.4, -0.2) is 0 Å². The van der Waals surface area contributed by atoms with Crippen LogP contribution in [0.3, 0.4) is 0 Å². The Bertz CT molecular complexity index is 1940. The maximum absolute atomic E-state index is 6.73. The van der Waals surface area contributed by atoms with Crippen LogP contribution in [0.5, 0.6) is 0 Å². The highest BCUT2D eigenvalue weighted by Gasteiger charge is 2.57. The monoisotopic (exact) mass is 700 g/mol. The highest BCUT2D eigenvalue weighted by molar-refractivity contribution is 6.35. The van der Waals surface area contributed by atoms with Gasteiger partial charge in [-0.2, -0.15) is 0 Å². The lowest BCUT2D eigenvalue weighted by molar-refractivity contribution is 0.512. The van der Waals surface area contributed by atoms with Crippen LogP contribution in [0.2, 0.25) is 20.1 Å². The predicted octanol–water partition coefficient (Wildman–Crippen LogP) is 12.7. The highest BCUT2D eigenvalue weighted by atomic mass is 35.5. The van der Waals surface area contributed by atoms with E-state index in [0.29, 0.717) is 0 Å². The van der Waals surface area contributed by atoms with E-state index in [1.54, 1.807) is 0 Å². The van der Waals surface area contributed by atoms with E-state index in [9.17, 15) is 0 Å². The van der Waals surface area contributed by atoms with Crippen LogP contribution in [-0.2, 0) is 21.7 Å². The summed E-state index contributed by atoms with van der Waals surface area (Å²) in [6.07, 6.45) is 0. The smallest absolute Gasteiger partial charge is 0.0454 e. The van der Waals surface area contributed by atoms with Crippen LogP contribution >= 0.6 is 46.4 Å². The van der Waals surface area contributed by atoms with E-state index in [0.717, 1.165) is 42.3 Å². The van der Waals surface area contributed by atoms with E-state index < -0.39 is 0 Å². The number of hydrogen-bond acceptors (Lipinski definition) is 0. The first-order chi connectivity index (χ1) is 23.0. The maximum Gasteiger partial charge on any atom is 0.0454 e. The van der Waals surface area contributed by atoms with E-state index in [1.165, 1.54) is 44.5 Å².